The van der Waals surface area contributed by atoms with Crippen molar-refractivity contribution in [2.45, 2.75) is 24.3 Å². The number of nitrogens with one attached hydrogen (secondary N) is 2. The van der Waals surface area contributed by atoms with Crippen molar-refractivity contribution < 1.29 is 13.5 Å². The Labute approximate surface area is 116 Å². The lowest BCUT2D eigenvalue weighted by atomic mass is 10.3. The molecular formula is C11H17N5O3S. The Kier molecular flexibility index (Phi) is 4.53. The van der Waals surface area contributed by atoms with E-state index in [2.05, 4.69) is 19.9 Å². The monoisotopic (exact) mass is 299 g/mol. The number of aliphatic hydroxyl groups excluding tert-OH is 1. The number of aromatic amines is 1. The summed E-state index contributed by atoms with van der Waals surface area (Å²) in [6.45, 7) is 0.115. The van der Waals surface area contributed by atoms with Crippen molar-refractivity contribution in [2.75, 3.05) is 6.54 Å². The fraction of sp³-hybridized carbons (Fsp3) is 0.455. The normalized spacial score (nSPS) is 11.9. The zero-order chi connectivity index (χ0) is 14.6. The Morgan fingerprint density at radius 3 is 2.90 bits per heavy atom. The molecule has 0 amide bonds. The Morgan fingerprint density at radius 2 is 2.30 bits per heavy atom. The van der Waals surface area contributed by atoms with Gasteiger partial charge in [-0.3, -0.25) is 5.10 Å². The zero-order valence-corrected chi connectivity index (χ0v) is 11.9. The molecule has 9 heteroatoms. The average molecular weight is 299 g/mol. The molecule has 0 bridgehead atoms. The number of aromatic nitrogens is 4. The Bertz CT molecular complexity index is 648. The van der Waals surface area contributed by atoms with Gasteiger partial charge in [0.05, 0.1) is 11.5 Å². The van der Waals surface area contributed by atoms with Crippen molar-refractivity contribution in [1.29, 1.82) is 0 Å². The second-order valence-electron chi connectivity index (χ2n) is 4.37. The summed E-state index contributed by atoms with van der Waals surface area (Å²) in [6, 6.07) is 1.46. The van der Waals surface area contributed by atoms with Gasteiger partial charge in [-0.25, -0.2) is 18.1 Å². The number of aryl methyl sites for hydroxylation is 2. The topological polar surface area (TPSA) is 113 Å². The number of nitrogens with zero attached hydrogens (tertiary/aromatic N) is 3. The average Bonchev–Trinajstić information content (AvgIpc) is 3.04. The van der Waals surface area contributed by atoms with E-state index >= 15 is 0 Å². The van der Waals surface area contributed by atoms with Crippen LogP contribution in [0.4, 0.5) is 0 Å². The van der Waals surface area contributed by atoms with E-state index < -0.39 is 10.0 Å². The summed E-state index contributed by atoms with van der Waals surface area (Å²) in [6.07, 6.45) is 4.14. The lowest BCUT2D eigenvalue weighted by molar-refractivity contribution is 0.272. The fourth-order valence-electron chi connectivity index (χ4n) is 1.78. The highest BCUT2D eigenvalue weighted by Crippen LogP contribution is 2.13. The third kappa shape index (κ3) is 3.44. The van der Waals surface area contributed by atoms with Crippen LogP contribution in [-0.4, -0.2) is 39.8 Å². The molecule has 3 N–H and O–H groups in total. The maximum absolute atomic E-state index is 12.0. The van der Waals surface area contributed by atoms with Crippen molar-refractivity contribution in [3.63, 3.8) is 0 Å². The Morgan fingerprint density at radius 1 is 1.50 bits per heavy atom. The van der Waals surface area contributed by atoms with E-state index in [0.717, 1.165) is 5.82 Å². The molecule has 2 heterocycles. The molecule has 8 nitrogen and oxygen atoms in total. The Balaban J connectivity index is 1.90. The molecule has 0 radical (unpaired) electrons. The minimum absolute atomic E-state index is 0.156. The molecule has 0 aliphatic rings. The number of sulfonamides is 1. The van der Waals surface area contributed by atoms with E-state index in [1.807, 2.05) is 0 Å². The van der Waals surface area contributed by atoms with E-state index in [-0.39, 0.29) is 11.5 Å². The molecule has 0 atom stereocenters. The Hall–Kier alpha value is -1.71. The lowest BCUT2D eigenvalue weighted by Gasteiger charge is -2.03. The van der Waals surface area contributed by atoms with E-state index in [0.29, 0.717) is 25.1 Å². The highest BCUT2D eigenvalue weighted by molar-refractivity contribution is 7.89. The van der Waals surface area contributed by atoms with Crippen LogP contribution in [-0.2, 0) is 30.1 Å². The smallest absolute Gasteiger partial charge is 0.242 e. The van der Waals surface area contributed by atoms with Crippen molar-refractivity contribution in [3.05, 3.63) is 30.1 Å². The number of hydrogen-bond acceptors (Lipinski definition) is 5. The minimum atomic E-state index is -3.54. The summed E-state index contributed by atoms with van der Waals surface area (Å²) in [4.78, 5) is 4.12. The van der Waals surface area contributed by atoms with Crippen molar-refractivity contribution in [3.8, 4) is 0 Å². The number of aliphatic hydroxyl groups is 1. The maximum atomic E-state index is 12.0. The van der Waals surface area contributed by atoms with Gasteiger partial charge < -0.3 is 9.67 Å². The third-order valence-corrected chi connectivity index (χ3v) is 4.33. The van der Waals surface area contributed by atoms with E-state index in [4.69, 9.17) is 5.11 Å². The number of H-pyrrole nitrogens is 1. The summed E-state index contributed by atoms with van der Waals surface area (Å²) in [5.41, 5.74) is 0.548. The van der Waals surface area contributed by atoms with E-state index in [9.17, 15) is 8.42 Å². The second-order valence-corrected chi connectivity index (χ2v) is 6.14. The van der Waals surface area contributed by atoms with Crippen LogP contribution in [0.5, 0.6) is 0 Å². The molecular weight excluding hydrogens is 282 g/mol. The first kappa shape index (κ1) is 14.7. The first-order valence-electron chi connectivity index (χ1n) is 6.13. The summed E-state index contributed by atoms with van der Waals surface area (Å²) >= 11 is 0. The molecule has 2 aromatic rings. The molecule has 0 aliphatic carbocycles. The molecule has 0 spiro atoms. The molecule has 2 aromatic heterocycles. The van der Waals surface area contributed by atoms with Crippen LogP contribution in [0.2, 0.25) is 0 Å². The van der Waals surface area contributed by atoms with Crippen LogP contribution in [0.15, 0.2) is 23.5 Å². The second kappa shape index (κ2) is 6.16. The number of rotatable bonds is 7. The predicted octanol–water partition coefficient (Wildman–Crippen LogP) is -0.453. The van der Waals surface area contributed by atoms with Crippen molar-refractivity contribution in [2.24, 2.45) is 7.05 Å². The van der Waals surface area contributed by atoms with Crippen LogP contribution < -0.4 is 4.72 Å². The molecule has 0 saturated carbocycles. The van der Waals surface area contributed by atoms with Gasteiger partial charge >= 0.3 is 0 Å². The number of hydrogen-bond donors (Lipinski definition) is 3. The van der Waals surface area contributed by atoms with Crippen LogP contribution in [0, 0.1) is 0 Å². The van der Waals surface area contributed by atoms with Gasteiger partial charge in [0.2, 0.25) is 10.0 Å². The zero-order valence-electron chi connectivity index (χ0n) is 11.1. The van der Waals surface area contributed by atoms with Gasteiger partial charge in [-0.05, 0) is 12.5 Å². The van der Waals surface area contributed by atoms with Crippen LogP contribution in [0.25, 0.3) is 0 Å². The SMILES string of the molecule is Cn1cc(S(=O)(=O)NCCCc2ncn[nH]2)cc1CO. The van der Waals surface area contributed by atoms with Gasteiger partial charge in [-0.2, -0.15) is 5.10 Å². The molecule has 20 heavy (non-hydrogen) atoms. The fourth-order valence-corrected chi connectivity index (χ4v) is 2.95. The molecule has 2 rings (SSSR count). The molecule has 0 aliphatic heterocycles. The highest BCUT2D eigenvalue weighted by atomic mass is 32.2. The standard InChI is InChI=1S/C11H17N5O3S/c1-16-6-10(5-9(16)7-17)20(18,19)14-4-2-3-11-12-8-13-15-11/h5-6,8,14,17H,2-4,7H2,1H3,(H,12,13,15). The van der Waals surface area contributed by atoms with Gasteiger partial charge in [0.1, 0.15) is 12.2 Å². The van der Waals surface area contributed by atoms with E-state index in [1.54, 1.807) is 11.6 Å². The molecule has 0 saturated heterocycles. The van der Waals surface area contributed by atoms with Crippen molar-refractivity contribution >= 4 is 10.0 Å². The summed E-state index contributed by atoms with van der Waals surface area (Å²) in [5, 5.41) is 15.5. The molecule has 110 valence electrons. The lowest BCUT2D eigenvalue weighted by Crippen LogP contribution is -2.24. The first-order valence-corrected chi connectivity index (χ1v) is 7.61. The van der Waals surface area contributed by atoms with Crippen LogP contribution in [0.3, 0.4) is 0 Å². The predicted molar refractivity (Wildman–Crippen MR) is 71.2 cm³/mol. The summed E-state index contributed by atoms with van der Waals surface area (Å²) < 4.78 is 28.2. The van der Waals surface area contributed by atoms with Gasteiger partial charge in [0.25, 0.3) is 0 Å². The van der Waals surface area contributed by atoms with Crippen LogP contribution >= 0.6 is 0 Å². The molecule has 0 unspecified atom stereocenters. The van der Waals surface area contributed by atoms with Gasteiger partial charge in [0, 0.05) is 31.9 Å². The van der Waals surface area contributed by atoms with Crippen LogP contribution in [0.1, 0.15) is 17.9 Å². The summed E-state index contributed by atoms with van der Waals surface area (Å²) in [7, 11) is -1.85. The highest BCUT2D eigenvalue weighted by Gasteiger charge is 2.16. The molecule has 0 fully saturated rings. The van der Waals surface area contributed by atoms with Gasteiger partial charge in [0.15, 0.2) is 0 Å². The quantitative estimate of drug-likeness (QED) is 0.599. The minimum Gasteiger partial charge on any atom is -0.390 e. The maximum Gasteiger partial charge on any atom is 0.242 e. The third-order valence-electron chi connectivity index (χ3n) is 2.90. The van der Waals surface area contributed by atoms with Crippen molar-refractivity contribution in [1.82, 2.24) is 24.5 Å². The van der Waals surface area contributed by atoms with Gasteiger partial charge in [-0.1, -0.05) is 0 Å². The molecule has 0 aromatic carbocycles. The summed E-state index contributed by atoms with van der Waals surface area (Å²) in [5.74, 6) is 0.728. The largest absolute Gasteiger partial charge is 0.390 e. The van der Waals surface area contributed by atoms with E-state index in [1.165, 1.54) is 18.6 Å². The first-order chi connectivity index (χ1) is 9.53. The van der Waals surface area contributed by atoms with Gasteiger partial charge in [-0.15, -0.1) is 0 Å².